The zero-order valence-corrected chi connectivity index (χ0v) is 13.5. The van der Waals surface area contributed by atoms with Gasteiger partial charge in [-0.05, 0) is 13.8 Å². The Kier molecular flexibility index (Phi) is 3.22. The zero-order chi connectivity index (χ0) is 16.1. The van der Waals surface area contributed by atoms with E-state index >= 15 is 0 Å². The molecular formula is C15H20N6O2. The van der Waals surface area contributed by atoms with E-state index in [4.69, 9.17) is 4.74 Å². The van der Waals surface area contributed by atoms with E-state index in [0.29, 0.717) is 18.8 Å². The predicted octanol–water partition coefficient (Wildman–Crippen LogP) is 0.759. The van der Waals surface area contributed by atoms with Crippen molar-refractivity contribution in [1.82, 2.24) is 30.1 Å². The summed E-state index contributed by atoms with van der Waals surface area (Å²) in [5, 5.41) is 15.4. The minimum atomic E-state index is -0.0451. The second-order valence-electron chi connectivity index (χ2n) is 6.32. The molecule has 8 nitrogen and oxygen atoms in total. The van der Waals surface area contributed by atoms with Gasteiger partial charge in [-0.25, -0.2) is 0 Å². The summed E-state index contributed by atoms with van der Waals surface area (Å²) in [7, 11) is 1.87. The number of aromatic nitrogens is 5. The van der Waals surface area contributed by atoms with E-state index in [1.807, 2.05) is 20.9 Å². The van der Waals surface area contributed by atoms with Crippen LogP contribution in [-0.2, 0) is 31.2 Å². The van der Waals surface area contributed by atoms with Crippen LogP contribution in [0, 0.1) is 0 Å². The molecule has 4 rings (SSSR count). The molecule has 2 aromatic heterocycles. The first-order valence-electron chi connectivity index (χ1n) is 7.93. The first-order chi connectivity index (χ1) is 11.0. The predicted molar refractivity (Wildman–Crippen MR) is 80.7 cm³/mol. The van der Waals surface area contributed by atoms with Gasteiger partial charge in [-0.1, -0.05) is 0 Å². The Bertz CT molecular complexity index is 764. The maximum Gasteiger partial charge on any atom is 0.275 e. The molecule has 0 bridgehead atoms. The molecule has 122 valence electrons. The standard InChI is InChI=1S/C15H20N6O2/c1-8-6-10-13(18-20(3)14(10)9(2)23-8)15(22)21-5-4-11-12(7-21)17-19-16-11/h8-9H,4-7H2,1-3H3,(H,16,17,19)/t8-,9+/m1/s1. The summed E-state index contributed by atoms with van der Waals surface area (Å²) < 4.78 is 7.64. The Morgan fingerprint density at radius 3 is 2.91 bits per heavy atom. The summed E-state index contributed by atoms with van der Waals surface area (Å²) in [6.07, 6.45) is 1.49. The molecule has 0 aliphatic carbocycles. The highest BCUT2D eigenvalue weighted by Crippen LogP contribution is 2.32. The number of nitrogens with zero attached hydrogens (tertiary/aromatic N) is 5. The molecule has 0 radical (unpaired) electrons. The van der Waals surface area contributed by atoms with Crippen LogP contribution < -0.4 is 0 Å². The largest absolute Gasteiger partial charge is 0.369 e. The van der Waals surface area contributed by atoms with Gasteiger partial charge < -0.3 is 9.64 Å². The number of nitrogens with one attached hydrogen (secondary N) is 1. The van der Waals surface area contributed by atoms with Crippen LogP contribution in [0.3, 0.4) is 0 Å². The summed E-state index contributed by atoms with van der Waals surface area (Å²) in [5.41, 5.74) is 4.38. The third kappa shape index (κ3) is 2.24. The van der Waals surface area contributed by atoms with Crippen molar-refractivity contribution >= 4 is 5.91 Å². The summed E-state index contributed by atoms with van der Waals surface area (Å²) in [4.78, 5) is 14.8. The van der Waals surface area contributed by atoms with Crippen LogP contribution in [0.2, 0.25) is 0 Å². The number of carbonyl (C=O) groups is 1. The highest BCUT2D eigenvalue weighted by Gasteiger charge is 2.34. The van der Waals surface area contributed by atoms with Crippen LogP contribution in [-0.4, -0.2) is 48.6 Å². The Morgan fingerprint density at radius 2 is 2.09 bits per heavy atom. The third-order valence-electron chi connectivity index (χ3n) is 4.66. The number of H-pyrrole nitrogens is 1. The fraction of sp³-hybridized carbons (Fsp3) is 0.600. The molecule has 0 saturated carbocycles. The Labute approximate surface area is 133 Å². The average molecular weight is 316 g/mol. The molecule has 0 spiro atoms. The maximum absolute atomic E-state index is 13.0. The molecule has 0 unspecified atom stereocenters. The van der Waals surface area contributed by atoms with Crippen molar-refractivity contribution in [2.75, 3.05) is 6.54 Å². The van der Waals surface area contributed by atoms with Gasteiger partial charge in [0, 0.05) is 32.0 Å². The lowest BCUT2D eigenvalue weighted by atomic mass is 9.99. The molecule has 0 fully saturated rings. The average Bonchev–Trinajstić information content (AvgIpc) is 3.10. The lowest BCUT2D eigenvalue weighted by molar-refractivity contribution is -0.00907. The molecule has 0 saturated heterocycles. The molecule has 4 heterocycles. The second kappa shape index (κ2) is 5.16. The SMILES string of the molecule is C[C@@H]1Cc2c(C(=O)N3CCc4n[nH]nc4C3)nn(C)c2[C@H](C)O1. The maximum atomic E-state index is 13.0. The normalized spacial score (nSPS) is 23.5. The van der Waals surface area contributed by atoms with Gasteiger partial charge in [0.05, 0.1) is 30.1 Å². The molecule has 2 aromatic rings. The van der Waals surface area contributed by atoms with Crippen LogP contribution in [0.15, 0.2) is 0 Å². The minimum absolute atomic E-state index is 0.0307. The molecule has 1 N–H and O–H groups in total. The molecular weight excluding hydrogens is 296 g/mol. The van der Waals surface area contributed by atoms with Crippen LogP contribution in [0.4, 0.5) is 0 Å². The number of hydrogen-bond donors (Lipinski definition) is 1. The fourth-order valence-corrected chi connectivity index (χ4v) is 3.64. The van der Waals surface area contributed by atoms with Crippen molar-refractivity contribution in [3.8, 4) is 0 Å². The molecule has 2 atom stereocenters. The Hall–Kier alpha value is -2.22. The van der Waals surface area contributed by atoms with Gasteiger partial charge in [-0.15, -0.1) is 0 Å². The number of aryl methyl sites for hydroxylation is 1. The van der Waals surface area contributed by atoms with Gasteiger partial charge in [0.15, 0.2) is 5.69 Å². The van der Waals surface area contributed by atoms with Crippen LogP contribution in [0.5, 0.6) is 0 Å². The number of carbonyl (C=O) groups excluding carboxylic acids is 1. The highest BCUT2D eigenvalue weighted by molar-refractivity contribution is 5.94. The second-order valence-corrected chi connectivity index (χ2v) is 6.32. The van der Waals surface area contributed by atoms with Gasteiger partial charge in [-0.3, -0.25) is 9.48 Å². The van der Waals surface area contributed by atoms with Gasteiger partial charge in [-0.2, -0.15) is 20.5 Å². The topological polar surface area (TPSA) is 88.9 Å². The quantitative estimate of drug-likeness (QED) is 0.839. The first kappa shape index (κ1) is 14.4. The van der Waals surface area contributed by atoms with Gasteiger partial charge >= 0.3 is 0 Å². The molecule has 23 heavy (non-hydrogen) atoms. The number of ether oxygens (including phenoxy) is 1. The van der Waals surface area contributed by atoms with E-state index in [2.05, 4.69) is 20.5 Å². The van der Waals surface area contributed by atoms with E-state index in [-0.39, 0.29) is 18.1 Å². The van der Waals surface area contributed by atoms with Crippen molar-refractivity contribution in [3.63, 3.8) is 0 Å². The van der Waals surface area contributed by atoms with E-state index in [1.165, 1.54) is 0 Å². The van der Waals surface area contributed by atoms with Gasteiger partial charge in [0.2, 0.25) is 0 Å². The van der Waals surface area contributed by atoms with Gasteiger partial charge in [0.1, 0.15) is 5.69 Å². The van der Waals surface area contributed by atoms with Crippen LogP contribution in [0.1, 0.15) is 53.1 Å². The molecule has 1 amide bonds. The number of hydrogen-bond acceptors (Lipinski definition) is 5. The lowest BCUT2D eigenvalue weighted by Crippen LogP contribution is -2.37. The van der Waals surface area contributed by atoms with Crippen molar-refractivity contribution in [2.45, 2.75) is 45.4 Å². The highest BCUT2D eigenvalue weighted by atomic mass is 16.5. The summed E-state index contributed by atoms with van der Waals surface area (Å²) in [5.74, 6) is -0.0307. The number of fused-ring (bicyclic) bond motifs is 2. The van der Waals surface area contributed by atoms with E-state index in [1.54, 1.807) is 9.58 Å². The number of amides is 1. The monoisotopic (exact) mass is 316 g/mol. The van der Waals surface area contributed by atoms with E-state index < -0.39 is 0 Å². The lowest BCUT2D eigenvalue weighted by Gasteiger charge is -2.28. The zero-order valence-electron chi connectivity index (χ0n) is 13.5. The first-order valence-corrected chi connectivity index (χ1v) is 7.93. The Balaban J connectivity index is 1.66. The molecule has 2 aliphatic heterocycles. The summed E-state index contributed by atoms with van der Waals surface area (Å²) in [6.45, 7) is 5.17. The minimum Gasteiger partial charge on any atom is -0.369 e. The number of aromatic amines is 1. The van der Waals surface area contributed by atoms with Crippen molar-refractivity contribution in [2.24, 2.45) is 7.05 Å². The molecule has 2 aliphatic rings. The number of rotatable bonds is 1. The van der Waals surface area contributed by atoms with E-state index in [0.717, 1.165) is 35.5 Å². The van der Waals surface area contributed by atoms with Crippen molar-refractivity contribution in [3.05, 3.63) is 28.3 Å². The summed E-state index contributed by atoms with van der Waals surface area (Å²) in [6, 6.07) is 0. The van der Waals surface area contributed by atoms with Crippen molar-refractivity contribution < 1.29 is 9.53 Å². The molecule has 0 aromatic carbocycles. The van der Waals surface area contributed by atoms with E-state index in [9.17, 15) is 4.79 Å². The smallest absolute Gasteiger partial charge is 0.275 e. The molecule has 8 heteroatoms. The van der Waals surface area contributed by atoms with Crippen molar-refractivity contribution in [1.29, 1.82) is 0 Å². The summed E-state index contributed by atoms with van der Waals surface area (Å²) >= 11 is 0. The Morgan fingerprint density at radius 1 is 1.30 bits per heavy atom. The van der Waals surface area contributed by atoms with Gasteiger partial charge in [0.25, 0.3) is 5.91 Å². The van der Waals surface area contributed by atoms with Crippen LogP contribution in [0.25, 0.3) is 0 Å². The van der Waals surface area contributed by atoms with Crippen LogP contribution >= 0.6 is 0 Å². The fourth-order valence-electron chi connectivity index (χ4n) is 3.64. The third-order valence-corrected chi connectivity index (χ3v) is 4.66.